The van der Waals surface area contributed by atoms with Gasteiger partial charge in [0.15, 0.2) is 5.78 Å². The van der Waals surface area contributed by atoms with E-state index in [1.807, 2.05) is 0 Å². The summed E-state index contributed by atoms with van der Waals surface area (Å²) in [7, 11) is 0. The predicted octanol–water partition coefficient (Wildman–Crippen LogP) is -0.290. The first-order chi connectivity index (χ1) is 4.13. The van der Waals surface area contributed by atoms with Gasteiger partial charge < -0.3 is 5.32 Å². The van der Waals surface area contributed by atoms with E-state index in [4.69, 9.17) is 0 Å². The second kappa shape index (κ2) is 1.83. The van der Waals surface area contributed by atoms with E-state index in [0.29, 0.717) is 0 Å². The van der Waals surface area contributed by atoms with Crippen molar-refractivity contribution in [1.29, 1.82) is 0 Å². The molecule has 0 aromatic heterocycles. The number of rotatable bonds is 0. The molecule has 1 amide bonds. The molecule has 1 rings (SSSR count). The Morgan fingerprint density at radius 1 is 1.33 bits per heavy atom. The molecule has 1 N–H and O–H groups in total. The molecule has 50 valence electrons. The van der Waals surface area contributed by atoms with Gasteiger partial charge in [0.05, 0.1) is 12.0 Å². The molecule has 0 aromatic carbocycles. The predicted molar refractivity (Wildman–Crippen MR) is 31.8 cm³/mol. The van der Waals surface area contributed by atoms with Crippen molar-refractivity contribution in [3.8, 4) is 0 Å². The summed E-state index contributed by atoms with van der Waals surface area (Å²) in [6.07, 6.45) is 0. The number of amides is 1. The van der Waals surface area contributed by atoms with Gasteiger partial charge in [0.2, 0.25) is 5.91 Å². The van der Waals surface area contributed by atoms with Crippen LogP contribution in [0.4, 0.5) is 0 Å². The highest BCUT2D eigenvalue weighted by Crippen LogP contribution is 2.08. The molecule has 2 atom stereocenters. The first-order valence-corrected chi connectivity index (χ1v) is 2.97. The molecule has 0 radical (unpaired) electrons. The lowest BCUT2D eigenvalue weighted by molar-refractivity contribution is -0.127. The van der Waals surface area contributed by atoms with Crippen molar-refractivity contribution in [2.24, 2.45) is 5.92 Å². The Balaban J connectivity index is 2.77. The average Bonchev–Trinajstić information content (AvgIpc) is 1.98. The van der Waals surface area contributed by atoms with Crippen LogP contribution in [-0.2, 0) is 9.59 Å². The molecule has 0 aromatic rings. The summed E-state index contributed by atoms with van der Waals surface area (Å²) >= 11 is 0. The number of carbonyl (C=O) groups is 2. The number of hydrogen-bond donors (Lipinski definition) is 1. The van der Waals surface area contributed by atoms with Crippen LogP contribution >= 0.6 is 0 Å². The molecule has 3 nitrogen and oxygen atoms in total. The molecule has 1 heterocycles. The molecule has 1 saturated heterocycles. The van der Waals surface area contributed by atoms with Gasteiger partial charge in [0.1, 0.15) is 0 Å². The molecule has 2 unspecified atom stereocenters. The van der Waals surface area contributed by atoms with Crippen LogP contribution in [0.15, 0.2) is 0 Å². The highest BCUT2D eigenvalue weighted by Gasteiger charge is 2.34. The summed E-state index contributed by atoms with van der Waals surface area (Å²) < 4.78 is 0. The van der Waals surface area contributed by atoms with Gasteiger partial charge in [-0.15, -0.1) is 0 Å². The van der Waals surface area contributed by atoms with E-state index in [-0.39, 0.29) is 17.7 Å². The molecule has 1 fully saturated rings. The largest absolute Gasteiger partial charge is 0.346 e. The number of hydrogen-bond acceptors (Lipinski definition) is 2. The van der Waals surface area contributed by atoms with Gasteiger partial charge in [0, 0.05) is 0 Å². The Kier molecular flexibility index (Phi) is 1.27. The quantitative estimate of drug-likeness (QED) is 0.454. The van der Waals surface area contributed by atoms with Crippen LogP contribution in [-0.4, -0.2) is 17.7 Å². The number of carbonyl (C=O) groups excluding carboxylic acids is 2. The van der Waals surface area contributed by atoms with Gasteiger partial charge >= 0.3 is 0 Å². The fraction of sp³-hybridized carbons (Fsp3) is 0.667. The highest BCUT2D eigenvalue weighted by atomic mass is 16.2. The van der Waals surface area contributed by atoms with Gasteiger partial charge in [-0.1, -0.05) is 0 Å². The Hall–Kier alpha value is -0.860. The van der Waals surface area contributed by atoms with E-state index < -0.39 is 5.92 Å². The number of ketones is 1. The van der Waals surface area contributed by atoms with Crippen LogP contribution in [0.25, 0.3) is 0 Å². The highest BCUT2D eigenvalue weighted by molar-refractivity contribution is 6.09. The van der Waals surface area contributed by atoms with Crippen molar-refractivity contribution in [2.75, 3.05) is 0 Å². The normalized spacial score (nSPS) is 34.9. The second-order valence-electron chi connectivity index (χ2n) is 2.35. The Labute approximate surface area is 53.4 Å². The third kappa shape index (κ3) is 0.823. The second-order valence-corrected chi connectivity index (χ2v) is 2.35. The van der Waals surface area contributed by atoms with Crippen molar-refractivity contribution < 1.29 is 9.59 Å². The monoisotopic (exact) mass is 127 g/mol. The summed E-state index contributed by atoms with van der Waals surface area (Å²) in [5.74, 6) is -0.576. The van der Waals surface area contributed by atoms with Gasteiger partial charge in [-0.05, 0) is 13.8 Å². The first kappa shape index (κ1) is 6.26. The minimum atomic E-state index is -0.431. The van der Waals surface area contributed by atoms with E-state index in [1.54, 1.807) is 13.8 Å². The smallest absolute Gasteiger partial charge is 0.230 e. The molecule has 1 aliphatic heterocycles. The van der Waals surface area contributed by atoms with Crippen LogP contribution in [0, 0.1) is 5.92 Å². The number of Topliss-reactive ketones (excluding diaryl/α,β-unsaturated/α-hetero) is 1. The molecule has 0 bridgehead atoms. The summed E-state index contributed by atoms with van der Waals surface area (Å²) in [6.45, 7) is 3.32. The lowest BCUT2D eigenvalue weighted by Gasteiger charge is -1.94. The van der Waals surface area contributed by atoms with Gasteiger partial charge in [0.25, 0.3) is 0 Å². The fourth-order valence-electron chi connectivity index (χ4n) is 0.914. The summed E-state index contributed by atoms with van der Waals surface area (Å²) in [6, 6.07) is -0.271. The summed E-state index contributed by atoms with van der Waals surface area (Å²) in [5, 5.41) is 2.53. The maximum atomic E-state index is 10.8. The third-order valence-corrected chi connectivity index (χ3v) is 1.61. The van der Waals surface area contributed by atoms with Crippen LogP contribution in [0.3, 0.4) is 0 Å². The Morgan fingerprint density at radius 2 is 1.89 bits per heavy atom. The zero-order chi connectivity index (χ0) is 7.02. The van der Waals surface area contributed by atoms with Crippen molar-refractivity contribution in [2.45, 2.75) is 19.9 Å². The minimum Gasteiger partial charge on any atom is -0.346 e. The number of nitrogens with one attached hydrogen (secondary N) is 1. The van der Waals surface area contributed by atoms with Crippen molar-refractivity contribution in [1.82, 2.24) is 5.32 Å². The standard InChI is InChI=1S/C6H9NO2/c1-3-5(8)4(2)7-6(3)9/h3-4H,1-2H3,(H,7,9). The zero-order valence-corrected chi connectivity index (χ0v) is 5.47. The van der Waals surface area contributed by atoms with E-state index in [2.05, 4.69) is 5.32 Å². The van der Waals surface area contributed by atoms with Gasteiger partial charge in [-0.3, -0.25) is 9.59 Å². The van der Waals surface area contributed by atoms with Crippen LogP contribution in [0.2, 0.25) is 0 Å². The third-order valence-electron chi connectivity index (χ3n) is 1.61. The minimum absolute atomic E-state index is 0.000000000000000222. The average molecular weight is 127 g/mol. The van der Waals surface area contributed by atoms with E-state index in [1.165, 1.54) is 0 Å². The molecule has 0 spiro atoms. The molecule has 9 heavy (non-hydrogen) atoms. The van der Waals surface area contributed by atoms with Crippen molar-refractivity contribution >= 4 is 11.7 Å². The molecule has 0 aliphatic carbocycles. The SMILES string of the molecule is CC1NC(=O)C(C)C1=O. The van der Waals surface area contributed by atoms with Crippen molar-refractivity contribution in [3.63, 3.8) is 0 Å². The van der Waals surface area contributed by atoms with E-state index >= 15 is 0 Å². The lowest BCUT2D eigenvalue weighted by Crippen LogP contribution is -2.25. The van der Waals surface area contributed by atoms with E-state index in [0.717, 1.165) is 0 Å². The van der Waals surface area contributed by atoms with Crippen LogP contribution < -0.4 is 5.32 Å². The van der Waals surface area contributed by atoms with Crippen LogP contribution in [0.1, 0.15) is 13.8 Å². The lowest BCUT2D eigenvalue weighted by atomic mass is 10.1. The Bertz CT molecular complexity index is 164. The molecule has 0 saturated carbocycles. The molecule has 1 aliphatic rings. The summed E-state index contributed by atoms with van der Waals surface area (Å²) in [4.78, 5) is 21.5. The van der Waals surface area contributed by atoms with Crippen LogP contribution in [0.5, 0.6) is 0 Å². The fourth-order valence-corrected chi connectivity index (χ4v) is 0.914. The van der Waals surface area contributed by atoms with Gasteiger partial charge in [-0.25, -0.2) is 0 Å². The zero-order valence-electron chi connectivity index (χ0n) is 5.47. The van der Waals surface area contributed by atoms with Gasteiger partial charge in [-0.2, -0.15) is 0 Å². The Morgan fingerprint density at radius 3 is 2.00 bits per heavy atom. The summed E-state index contributed by atoms with van der Waals surface area (Å²) in [5.41, 5.74) is 0. The molecular weight excluding hydrogens is 118 g/mol. The van der Waals surface area contributed by atoms with E-state index in [9.17, 15) is 9.59 Å². The molecular formula is C6H9NO2. The molecule has 3 heteroatoms. The topological polar surface area (TPSA) is 46.2 Å². The maximum Gasteiger partial charge on any atom is 0.230 e. The maximum absolute atomic E-state index is 10.8. The van der Waals surface area contributed by atoms with Crippen molar-refractivity contribution in [3.05, 3.63) is 0 Å². The first-order valence-electron chi connectivity index (χ1n) is 2.97.